The molecule has 1 N–H and O–H groups in total. The molecule has 11 nitrogen and oxygen atoms in total. The Hall–Kier alpha value is -5.03. The molecule has 2 aliphatic rings. The maximum atomic E-state index is 14.7. The third-order valence-electron chi connectivity index (χ3n) is 8.65. The molecule has 2 aliphatic heterocycles. The van der Waals surface area contributed by atoms with Crippen molar-refractivity contribution in [3.05, 3.63) is 83.2 Å². The van der Waals surface area contributed by atoms with Crippen LogP contribution in [0.25, 0.3) is 38.9 Å². The number of likely N-dealkylation sites (N-methyl/N-ethyl adjacent to an activating group) is 1. The Kier molecular flexibility index (Phi) is 7.31. The summed E-state index contributed by atoms with van der Waals surface area (Å²) in [5, 5.41) is 11.4. The fourth-order valence-electron chi connectivity index (χ4n) is 6.20. The Labute approximate surface area is 254 Å². The smallest absolute Gasteiger partial charge is 0.407 e. The Morgan fingerprint density at radius 2 is 1.64 bits per heavy atom. The van der Waals surface area contributed by atoms with Crippen LogP contribution in [0.5, 0.6) is 6.01 Å². The molecule has 1 atom stereocenters. The van der Waals surface area contributed by atoms with E-state index < -0.39 is 6.09 Å². The maximum absolute atomic E-state index is 14.7. The van der Waals surface area contributed by atoms with Crippen molar-refractivity contribution in [3.63, 3.8) is 0 Å². The van der Waals surface area contributed by atoms with E-state index in [4.69, 9.17) is 14.7 Å². The van der Waals surface area contributed by atoms with Crippen molar-refractivity contribution >= 4 is 33.7 Å². The van der Waals surface area contributed by atoms with Gasteiger partial charge in [-0.25, -0.2) is 9.78 Å². The molecule has 11 heteroatoms. The molecular weight excluding hydrogens is 558 g/mol. The number of carboxylic acid groups (broad SMARTS) is 1. The van der Waals surface area contributed by atoms with Crippen LogP contribution in [0.4, 0.5) is 10.6 Å². The second-order valence-electron chi connectivity index (χ2n) is 11.3. The van der Waals surface area contributed by atoms with Gasteiger partial charge in [0, 0.05) is 43.2 Å². The highest BCUT2D eigenvalue weighted by atomic mass is 16.5. The van der Waals surface area contributed by atoms with E-state index in [0.29, 0.717) is 55.6 Å². The molecule has 2 fully saturated rings. The van der Waals surface area contributed by atoms with Crippen molar-refractivity contribution in [2.24, 2.45) is 0 Å². The summed E-state index contributed by atoms with van der Waals surface area (Å²) in [4.78, 5) is 46.5. The predicted molar refractivity (Wildman–Crippen MR) is 169 cm³/mol. The minimum Gasteiger partial charge on any atom is -0.465 e. The van der Waals surface area contributed by atoms with Gasteiger partial charge in [-0.1, -0.05) is 66.7 Å². The van der Waals surface area contributed by atoms with Gasteiger partial charge in [0.25, 0.3) is 5.56 Å². The number of hydrogen-bond donors (Lipinski definition) is 1. The van der Waals surface area contributed by atoms with Crippen molar-refractivity contribution in [2.75, 3.05) is 51.3 Å². The van der Waals surface area contributed by atoms with Crippen LogP contribution < -0.4 is 15.2 Å². The number of rotatable bonds is 6. The third kappa shape index (κ3) is 5.09. The summed E-state index contributed by atoms with van der Waals surface area (Å²) in [5.74, 6) is 0.934. The van der Waals surface area contributed by atoms with E-state index in [1.54, 1.807) is 4.57 Å². The third-order valence-corrected chi connectivity index (χ3v) is 8.65. The highest BCUT2D eigenvalue weighted by molar-refractivity contribution is 5.92. The summed E-state index contributed by atoms with van der Waals surface area (Å²) in [6.45, 7) is 2.83. The van der Waals surface area contributed by atoms with Gasteiger partial charge in [0.15, 0.2) is 11.3 Å². The van der Waals surface area contributed by atoms with E-state index in [0.717, 1.165) is 35.7 Å². The van der Waals surface area contributed by atoms with E-state index in [1.807, 2.05) is 77.7 Å². The molecule has 0 aliphatic carbocycles. The Morgan fingerprint density at radius 1 is 0.886 bits per heavy atom. The minimum atomic E-state index is -0.954. The van der Waals surface area contributed by atoms with Crippen LogP contribution in [0, 0.1) is 0 Å². The molecule has 1 unspecified atom stereocenters. The lowest BCUT2D eigenvalue weighted by atomic mass is 10.1. The molecule has 0 radical (unpaired) electrons. The maximum Gasteiger partial charge on any atom is 0.407 e. The van der Waals surface area contributed by atoms with Gasteiger partial charge in [0.1, 0.15) is 17.9 Å². The molecule has 2 aromatic heterocycles. The van der Waals surface area contributed by atoms with Gasteiger partial charge in [0.05, 0.1) is 5.69 Å². The summed E-state index contributed by atoms with van der Waals surface area (Å²) < 4.78 is 7.81. The molecule has 224 valence electrons. The van der Waals surface area contributed by atoms with Crippen LogP contribution in [0.15, 0.2) is 77.6 Å². The van der Waals surface area contributed by atoms with Gasteiger partial charge in [-0.3, -0.25) is 9.36 Å². The van der Waals surface area contributed by atoms with Crippen molar-refractivity contribution in [1.29, 1.82) is 0 Å². The van der Waals surface area contributed by atoms with Crippen LogP contribution in [-0.2, 0) is 0 Å². The number of piperazine rings is 1. The Morgan fingerprint density at radius 3 is 2.39 bits per heavy atom. The van der Waals surface area contributed by atoms with Crippen molar-refractivity contribution in [1.82, 2.24) is 29.3 Å². The number of hydrogen-bond acceptors (Lipinski definition) is 8. The quantitative estimate of drug-likeness (QED) is 0.309. The summed E-state index contributed by atoms with van der Waals surface area (Å²) >= 11 is 0. The molecule has 7 rings (SSSR count). The monoisotopic (exact) mass is 591 g/mol. The number of nitrogens with zero attached hydrogens (tertiary/aromatic N) is 7. The van der Waals surface area contributed by atoms with Gasteiger partial charge >= 0.3 is 12.1 Å². The lowest BCUT2D eigenvalue weighted by Gasteiger charge is -2.34. The lowest BCUT2D eigenvalue weighted by molar-refractivity contribution is 0.142. The van der Waals surface area contributed by atoms with E-state index in [1.165, 1.54) is 4.90 Å². The molecule has 2 saturated heterocycles. The second-order valence-corrected chi connectivity index (χ2v) is 11.3. The Balaban J connectivity index is 1.44. The average molecular weight is 592 g/mol. The lowest BCUT2D eigenvalue weighted by Crippen LogP contribution is -2.48. The van der Waals surface area contributed by atoms with Gasteiger partial charge in [-0.05, 0) is 37.9 Å². The number of aromatic nitrogens is 4. The summed E-state index contributed by atoms with van der Waals surface area (Å²) in [6.07, 6.45) is 1.16. The number of likely N-dealkylation sites (tertiary alicyclic amines) is 1. The van der Waals surface area contributed by atoms with E-state index in [-0.39, 0.29) is 23.1 Å². The zero-order valence-electron chi connectivity index (χ0n) is 24.5. The number of ether oxygens (including phenoxy) is 1. The van der Waals surface area contributed by atoms with Crippen LogP contribution in [0.2, 0.25) is 0 Å². The molecular formula is C33H33N7O4. The number of benzene rings is 3. The fourth-order valence-corrected chi connectivity index (χ4v) is 6.20. The first-order chi connectivity index (χ1) is 21.5. The first-order valence-corrected chi connectivity index (χ1v) is 14.9. The molecule has 1 amide bonds. The SMILES string of the molecule is CN1CCCC1COc1nc(N2CCN(C(=O)O)CC2)c2nc(-c3ccccc3)n(-c3cccc4ccccc34)c(=O)c2n1. The number of amides is 1. The summed E-state index contributed by atoms with van der Waals surface area (Å²) in [5.41, 5.74) is 1.65. The Bertz CT molecular complexity index is 1900. The molecule has 0 spiro atoms. The highest BCUT2D eigenvalue weighted by Gasteiger charge is 2.28. The molecule has 44 heavy (non-hydrogen) atoms. The van der Waals surface area contributed by atoms with Gasteiger partial charge in [0.2, 0.25) is 0 Å². The van der Waals surface area contributed by atoms with Crippen LogP contribution in [-0.4, -0.2) is 92.9 Å². The number of fused-ring (bicyclic) bond motifs is 2. The number of carbonyl (C=O) groups is 1. The predicted octanol–water partition coefficient (Wildman–Crippen LogP) is 4.27. The number of anilines is 1. The average Bonchev–Trinajstić information content (AvgIpc) is 3.48. The largest absolute Gasteiger partial charge is 0.465 e. The van der Waals surface area contributed by atoms with Crippen LogP contribution in [0.3, 0.4) is 0 Å². The van der Waals surface area contributed by atoms with E-state index in [2.05, 4.69) is 16.9 Å². The first kappa shape index (κ1) is 27.8. The van der Waals surface area contributed by atoms with Gasteiger partial charge < -0.3 is 24.5 Å². The summed E-state index contributed by atoms with van der Waals surface area (Å²) in [7, 11) is 2.08. The highest BCUT2D eigenvalue weighted by Crippen LogP contribution is 2.31. The van der Waals surface area contributed by atoms with Crippen molar-refractivity contribution in [3.8, 4) is 23.1 Å². The van der Waals surface area contributed by atoms with Crippen molar-refractivity contribution < 1.29 is 14.6 Å². The van der Waals surface area contributed by atoms with Gasteiger partial charge in [-0.15, -0.1) is 0 Å². The van der Waals surface area contributed by atoms with E-state index >= 15 is 0 Å². The molecule has 5 aromatic rings. The van der Waals surface area contributed by atoms with Crippen LogP contribution in [0.1, 0.15) is 12.8 Å². The minimum absolute atomic E-state index is 0.115. The van der Waals surface area contributed by atoms with Gasteiger partial charge in [-0.2, -0.15) is 9.97 Å². The molecule has 0 bridgehead atoms. The fraction of sp³-hybridized carbons (Fsp3) is 0.303. The summed E-state index contributed by atoms with van der Waals surface area (Å²) in [6, 6.07) is 23.8. The molecule has 3 aromatic carbocycles. The first-order valence-electron chi connectivity index (χ1n) is 14.9. The normalized spacial score (nSPS) is 17.4. The zero-order chi connectivity index (χ0) is 30.2. The standard InChI is InChI=1S/C33H33N7O4/c1-37-16-8-13-24(37)21-44-32-35-28-27(30(36-32)38-17-19-39(20-18-38)33(42)43)34-29(23-10-3-2-4-11-23)40(31(28)41)26-15-7-12-22-9-5-6-14-25(22)26/h2-7,9-12,14-15,24H,8,13,16-21H2,1H3,(H,42,43). The second kappa shape index (κ2) is 11.6. The molecule has 4 heterocycles. The van der Waals surface area contributed by atoms with E-state index in [9.17, 15) is 14.7 Å². The topological polar surface area (TPSA) is 117 Å². The zero-order valence-corrected chi connectivity index (χ0v) is 24.5. The van der Waals surface area contributed by atoms with Crippen molar-refractivity contribution in [2.45, 2.75) is 18.9 Å². The molecule has 0 saturated carbocycles. The van der Waals surface area contributed by atoms with Crippen LogP contribution >= 0.6 is 0 Å².